The van der Waals surface area contributed by atoms with Crippen molar-refractivity contribution in [2.24, 2.45) is 5.73 Å². The third-order valence-electron chi connectivity index (χ3n) is 4.86. The molecule has 0 spiro atoms. The molecule has 3 atom stereocenters. The van der Waals surface area contributed by atoms with Gasteiger partial charge in [0, 0.05) is 44.4 Å². The van der Waals surface area contributed by atoms with Gasteiger partial charge < -0.3 is 10.5 Å². The first kappa shape index (κ1) is 14.3. The second kappa shape index (κ2) is 5.87. The van der Waals surface area contributed by atoms with Crippen molar-refractivity contribution in [3.8, 4) is 0 Å². The van der Waals surface area contributed by atoms with Crippen LogP contribution in [0.2, 0.25) is 0 Å². The molecule has 0 saturated carbocycles. The Morgan fingerprint density at radius 2 is 2.11 bits per heavy atom. The number of likely N-dealkylation sites (N-methyl/N-ethyl adjacent to an activating group) is 1. The lowest BCUT2D eigenvalue weighted by atomic mass is 9.84. The Labute approximate surface area is 111 Å². The lowest BCUT2D eigenvalue weighted by molar-refractivity contribution is -0.0825. The van der Waals surface area contributed by atoms with Crippen LogP contribution >= 0.6 is 0 Å². The highest BCUT2D eigenvalue weighted by Crippen LogP contribution is 2.31. The molecule has 3 unspecified atom stereocenters. The standard InChI is InChI=1S/C14H29N3O/c1-4-16-6-7-17(10-12(16)2)14(11-15)5-8-18-13(3)9-14/h12-13H,4-11,15H2,1-3H3. The van der Waals surface area contributed by atoms with Crippen molar-refractivity contribution in [3.63, 3.8) is 0 Å². The maximum absolute atomic E-state index is 6.13. The maximum Gasteiger partial charge on any atom is 0.0565 e. The second-order valence-corrected chi connectivity index (χ2v) is 5.99. The first-order chi connectivity index (χ1) is 8.61. The number of rotatable bonds is 3. The predicted molar refractivity (Wildman–Crippen MR) is 74.7 cm³/mol. The Morgan fingerprint density at radius 3 is 2.67 bits per heavy atom. The third kappa shape index (κ3) is 2.72. The Balaban J connectivity index is 2.04. The highest BCUT2D eigenvalue weighted by atomic mass is 16.5. The zero-order chi connectivity index (χ0) is 13.2. The largest absolute Gasteiger partial charge is 0.378 e. The monoisotopic (exact) mass is 255 g/mol. The summed E-state index contributed by atoms with van der Waals surface area (Å²) in [5.74, 6) is 0. The van der Waals surface area contributed by atoms with E-state index in [1.54, 1.807) is 0 Å². The lowest BCUT2D eigenvalue weighted by Crippen LogP contribution is -2.64. The number of nitrogens with zero attached hydrogens (tertiary/aromatic N) is 2. The molecule has 4 heteroatoms. The average Bonchev–Trinajstić information content (AvgIpc) is 2.38. The first-order valence-electron chi connectivity index (χ1n) is 7.42. The van der Waals surface area contributed by atoms with E-state index in [-0.39, 0.29) is 5.54 Å². The molecular formula is C14H29N3O. The van der Waals surface area contributed by atoms with E-state index in [0.29, 0.717) is 12.1 Å². The second-order valence-electron chi connectivity index (χ2n) is 5.99. The fraction of sp³-hybridized carbons (Fsp3) is 1.00. The summed E-state index contributed by atoms with van der Waals surface area (Å²) >= 11 is 0. The molecule has 2 heterocycles. The van der Waals surface area contributed by atoms with Crippen LogP contribution < -0.4 is 5.73 Å². The summed E-state index contributed by atoms with van der Waals surface area (Å²) in [7, 11) is 0. The normalized spacial score (nSPS) is 40.0. The topological polar surface area (TPSA) is 41.7 Å². The molecule has 2 aliphatic heterocycles. The molecule has 2 fully saturated rings. The minimum Gasteiger partial charge on any atom is -0.378 e. The Morgan fingerprint density at radius 1 is 1.33 bits per heavy atom. The lowest BCUT2D eigenvalue weighted by Gasteiger charge is -2.52. The maximum atomic E-state index is 6.13. The van der Waals surface area contributed by atoms with Gasteiger partial charge in [0.15, 0.2) is 0 Å². The molecule has 0 aromatic heterocycles. The van der Waals surface area contributed by atoms with Gasteiger partial charge in [0.1, 0.15) is 0 Å². The molecule has 0 aromatic carbocycles. The molecule has 2 saturated heterocycles. The van der Waals surface area contributed by atoms with E-state index in [1.807, 2.05) is 0 Å². The highest BCUT2D eigenvalue weighted by Gasteiger charge is 2.41. The SMILES string of the molecule is CCN1CCN(C2(CN)CCOC(C)C2)CC1C. The van der Waals surface area contributed by atoms with Crippen LogP contribution in [0.15, 0.2) is 0 Å². The van der Waals surface area contributed by atoms with E-state index < -0.39 is 0 Å². The number of ether oxygens (including phenoxy) is 1. The molecule has 2 aliphatic rings. The van der Waals surface area contributed by atoms with Crippen molar-refractivity contribution in [1.29, 1.82) is 0 Å². The number of piperazine rings is 1. The van der Waals surface area contributed by atoms with Crippen LogP contribution in [0, 0.1) is 0 Å². The van der Waals surface area contributed by atoms with Gasteiger partial charge in [-0.2, -0.15) is 0 Å². The highest BCUT2D eigenvalue weighted by molar-refractivity contribution is 4.98. The smallest absolute Gasteiger partial charge is 0.0565 e. The third-order valence-corrected chi connectivity index (χ3v) is 4.86. The Bertz CT molecular complexity index is 274. The summed E-state index contributed by atoms with van der Waals surface area (Å²) < 4.78 is 5.70. The van der Waals surface area contributed by atoms with Crippen molar-refractivity contribution in [1.82, 2.24) is 9.80 Å². The molecular weight excluding hydrogens is 226 g/mol. The van der Waals surface area contributed by atoms with Crippen LogP contribution in [0.1, 0.15) is 33.6 Å². The van der Waals surface area contributed by atoms with Gasteiger partial charge in [-0.3, -0.25) is 9.80 Å². The molecule has 2 N–H and O–H groups in total. The molecule has 0 amide bonds. The summed E-state index contributed by atoms with van der Waals surface area (Å²) in [6.45, 7) is 13.0. The summed E-state index contributed by atoms with van der Waals surface area (Å²) in [4.78, 5) is 5.20. The Kier molecular flexibility index (Phi) is 4.64. The zero-order valence-electron chi connectivity index (χ0n) is 12.2. The molecule has 2 rings (SSSR count). The van der Waals surface area contributed by atoms with E-state index in [4.69, 9.17) is 10.5 Å². The number of hydrogen-bond donors (Lipinski definition) is 1. The molecule has 0 radical (unpaired) electrons. The van der Waals surface area contributed by atoms with Crippen molar-refractivity contribution >= 4 is 0 Å². The summed E-state index contributed by atoms with van der Waals surface area (Å²) in [5.41, 5.74) is 6.32. The summed E-state index contributed by atoms with van der Waals surface area (Å²) in [6.07, 6.45) is 2.52. The minimum absolute atomic E-state index is 0.186. The van der Waals surface area contributed by atoms with E-state index in [9.17, 15) is 0 Å². The average molecular weight is 255 g/mol. The van der Waals surface area contributed by atoms with E-state index in [1.165, 1.54) is 6.54 Å². The van der Waals surface area contributed by atoms with E-state index in [2.05, 4.69) is 30.6 Å². The predicted octanol–water partition coefficient (Wildman–Crippen LogP) is 0.909. The van der Waals surface area contributed by atoms with Crippen LogP contribution in [0.4, 0.5) is 0 Å². The first-order valence-corrected chi connectivity index (χ1v) is 7.42. The van der Waals surface area contributed by atoms with Crippen molar-refractivity contribution in [2.75, 3.05) is 39.3 Å². The van der Waals surface area contributed by atoms with Crippen LogP contribution in [0.3, 0.4) is 0 Å². The quantitative estimate of drug-likeness (QED) is 0.814. The summed E-state index contributed by atoms with van der Waals surface area (Å²) in [6, 6.07) is 0.644. The van der Waals surface area contributed by atoms with Crippen molar-refractivity contribution in [2.45, 2.75) is 51.3 Å². The fourth-order valence-electron chi connectivity index (χ4n) is 3.64. The van der Waals surface area contributed by atoms with Crippen LogP contribution in [-0.4, -0.2) is 66.8 Å². The number of hydrogen-bond acceptors (Lipinski definition) is 4. The van der Waals surface area contributed by atoms with Gasteiger partial charge in [0.25, 0.3) is 0 Å². The fourth-order valence-corrected chi connectivity index (χ4v) is 3.64. The molecule has 0 aliphatic carbocycles. The summed E-state index contributed by atoms with van der Waals surface area (Å²) in [5, 5.41) is 0. The van der Waals surface area contributed by atoms with Gasteiger partial charge >= 0.3 is 0 Å². The van der Waals surface area contributed by atoms with Crippen LogP contribution in [-0.2, 0) is 4.74 Å². The van der Waals surface area contributed by atoms with Gasteiger partial charge in [-0.15, -0.1) is 0 Å². The van der Waals surface area contributed by atoms with Gasteiger partial charge in [0.2, 0.25) is 0 Å². The minimum atomic E-state index is 0.186. The van der Waals surface area contributed by atoms with Crippen LogP contribution in [0.25, 0.3) is 0 Å². The van der Waals surface area contributed by atoms with Gasteiger partial charge in [-0.05, 0) is 33.2 Å². The van der Waals surface area contributed by atoms with Gasteiger partial charge in [-0.25, -0.2) is 0 Å². The van der Waals surface area contributed by atoms with Crippen molar-refractivity contribution < 1.29 is 4.74 Å². The van der Waals surface area contributed by atoms with Crippen LogP contribution in [0.5, 0.6) is 0 Å². The molecule has 4 nitrogen and oxygen atoms in total. The van der Waals surface area contributed by atoms with E-state index in [0.717, 1.165) is 45.6 Å². The molecule has 18 heavy (non-hydrogen) atoms. The molecule has 0 bridgehead atoms. The Hall–Kier alpha value is -0.160. The molecule has 106 valence electrons. The molecule has 0 aromatic rings. The zero-order valence-corrected chi connectivity index (χ0v) is 12.2. The van der Waals surface area contributed by atoms with Crippen molar-refractivity contribution in [3.05, 3.63) is 0 Å². The van der Waals surface area contributed by atoms with Gasteiger partial charge in [0.05, 0.1) is 6.10 Å². The van der Waals surface area contributed by atoms with Gasteiger partial charge in [-0.1, -0.05) is 6.92 Å². The van der Waals surface area contributed by atoms with E-state index >= 15 is 0 Å². The number of nitrogens with two attached hydrogens (primary N) is 1.